The molecule has 4 nitrogen and oxygen atoms in total. The number of rotatable bonds is 6. The van der Waals surface area contributed by atoms with E-state index in [4.69, 9.17) is 4.74 Å². The molecule has 0 atom stereocenters. The van der Waals surface area contributed by atoms with E-state index in [1.807, 2.05) is 0 Å². The van der Waals surface area contributed by atoms with E-state index in [9.17, 15) is 9.18 Å². The molecule has 0 aliphatic rings. The van der Waals surface area contributed by atoms with Crippen molar-refractivity contribution in [1.82, 2.24) is 5.32 Å². The zero-order chi connectivity index (χ0) is 12.7. The molecular formula is C12H17FN2O2. The maximum Gasteiger partial charge on any atom is 0.239 e. The van der Waals surface area contributed by atoms with Crippen LogP contribution in [0.25, 0.3) is 0 Å². The van der Waals surface area contributed by atoms with Crippen LogP contribution in [0.3, 0.4) is 0 Å². The van der Waals surface area contributed by atoms with Gasteiger partial charge in [-0.15, -0.1) is 0 Å². The van der Waals surface area contributed by atoms with E-state index in [1.54, 1.807) is 26.2 Å². The third-order valence-electron chi connectivity index (χ3n) is 2.25. The van der Waals surface area contributed by atoms with Crippen molar-refractivity contribution in [2.24, 2.45) is 0 Å². The van der Waals surface area contributed by atoms with Gasteiger partial charge in [0.2, 0.25) is 5.91 Å². The second-order valence-corrected chi connectivity index (χ2v) is 3.66. The van der Waals surface area contributed by atoms with Crippen LogP contribution in [-0.2, 0) is 9.53 Å². The van der Waals surface area contributed by atoms with Crippen LogP contribution >= 0.6 is 0 Å². The van der Waals surface area contributed by atoms with Gasteiger partial charge >= 0.3 is 0 Å². The van der Waals surface area contributed by atoms with Gasteiger partial charge in [0.1, 0.15) is 5.82 Å². The molecule has 5 heteroatoms. The van der Waals surface area contributed by atoms with Crippen LogP contribution in [0.4, 0.5) is 10.1 Å². The van der Waals surface area contributed by atoms with Gasteiger partial charge in [0, 0.05) is 19.3 Å². The minimum Gasteiger partial charge on any atom is -0.383 e. The SMILES string of the molecule is COCCNC(=O)CNc1ccc(C)c(F)c1. The molecule has 1 aromatic rings. The molecule has 1 rings (SSSR count). The Morgan fingerprint density at radius 1 is 1.47 bits per heavy atom. The quantitative estimate of drug-likeness (QED) is 0.737. The fourth-order valence-corrected chi connectivity index (χ4v) is 1.24. The number of methoxy groups -OCH3 is 1. The van der Waals surface area contributed by atoms with Crippen molar-refractivity contribution in [1.29, 1.82) is 0 Å². The number of anilines is 1. The summed E-state index contributed by atoms with van der Waals surface area (Å²) in [6, 6.07) is 4.78. The van der Waals surface area contributed by atoms with Gasteiger partial charge in [-0.3, -0.25) is 4.79 Å². The largest absolute Gasteiger partial charge is 0.383 e. The van der Waals surface area contributed by atoms with E-state index in [0.29, 0.717) is 24.4 Å². The van der Waals surface area contributed by atoms with Gasteiger partial charge in [0.05, 0.1) is 13.2 Å². The Morgan fingerprint density at radius 3 is 2.88 bits per heavy atom. The van der Waals surface area contributed by atoms with Crippen LogP contribution in [0.5, 0.6) is 0 Å². The van der Waals surface area contributed by atoms with E-state index in [1.165, 1.54) is 6.07 Å². The lowest BCUT2D eigenvalue weighted by Crippen LogP contribution is -2.32. The summed E-state index contributed by atoms with van der Waals surface area (Å²) in [5, 5.41) is 5.51. The number of amides is 1. The van der Waals surface area contributed by atoms with Crippen molar-refractivity contribution >= 4 is 11.6 Å². The molecule has 1 amide bonds. The molecule has 0 fully saturated rings. The van der Waals surface area contributed by atoms with Gasteiger partial charge in [-0.2, -0.15) is 0 Å². The molecule has 0 saturated carbocycles. The van der Waals surface area contributed by atoms with Gasteiger partial charge in [0.25, 0.3) is 0 Å². The van der Waals surface area contributed by atoms with Crippen molar-refractivity contribution in [3.63, 3.8) is 0 Å². The van der Waals surface area contributed by atoms with Crippen LogP contribution in [0.2, 0.25) is 0 Å². The van der Waals surface area contributed by atoms with Crippen molar-refractivity contribution in [2.75, 3.05) is 32.1 Å². The molecule has 1 aromatic carbocycles. The summed E-state index contributed by atoms with van der Waals surface area (Å²) >= 11 is 0. The number of carbonyl (C=O) groups excluding carboxylic acids is 1. The number of benzene rings is 1. The fourth-order valence-electron chi connectivity index (χ4n) is 1.24. The second-order valence-electron chi connectivity index (χ2n) is 3.66. The van der Waals surface area contributed by atoms with Crippen molar-refractivity contribution in [3.05, 3.63) is 29.6 Å². The Kier molecular flexibility index (Phi) is 5.42. The highest BCUT2D eigenvalue weighted by atomic mass is 19.1. The zero-order valence-corrected chi connectivity index (χ0v) is 10.0. The second kappa shape index (κ2) is 6.85. The van der Waals surface area contributed by atoms with Gasteiger partial charge in [-0.25, -0.2) is 4.39 Å². The molecule has 0 saturated heterocycles. The maximum absolute atomic E-state index is 13.2. The lowest BCUT2D eigenvalue weighted by atomic mass is 10.2. The van der Waals surface area contributed by atoms with Gasteiger partial charge in [-0.1, -0.05) is 6.07 Å². The molecule has 0 unspecified atom stereocenters. The maximum atomic E-state index is 13.2. The average Bonchev–Trinajstić information content (AvgIpc) is 2.31. The van der Waals surface area contributed by atoms with Gasteiger partial charge in [0.15, 0.2) is 0 Å². The van der Waals surface area contributed by atoms with Crippen LogP contribution in [0.1, 0.15) is 5.56 Å². The lowest BCUT2D eigenvalue weighted by Gasteiger charge is -2.08. The summed E-state index contributed by atoms with van der Waals surface area (Å²) in [5.41, 5.74) is 1.18. The minimum absolute atomic E-state index is 0.117. The van der Waals surface area contributed by atoms with E-state index in [2.05, 4.69) is 10.6 Å². The third-order valence-corrected chi connectivity index (χ3v) is 2.25. The number of aryl methyl sites for hydroxylation is 1. The van der Waals surface area contributed by atoms with E-state index in [0.717, 1.165) is 0 Å². The molecule has 0 aliphatic heterocycles. The lowest BCUT2D eigenvalue weighted by molar-refractivity contribution is -0.119. The molecule has 17 heavy (non-hydrogen) atoms. The Labute approximate surface area is 100 Å². The van der Waals surface area contributed by atoms with Gasteiger partial charge < -0.3 is 15.4 Å². The fraction of sp³-hybridized carbons (Fsp3) is 0.417. The van der Waals surface area contributed by atoms with Crippen molar-refractivity contribution in [2.45, 2.75) is 6.92 Å². The monoisotopic (exact) mass is 240 g/mol. The minimum atomic E-state index is -0.283. The number of ether oxygens (including phenoxy) is 1. The Hall–Kier alpha value is -1.62. The number of hydrogen-bond donors (Lipinski definition) is 2. The smallest absolute Gasteiger partial charge is 0.239 e. The first-order chi connectivity index (χ1) is 8.13. The molecule has 94 valence electrons. The Balaban J connectivity index is 2.34. The molecule has 0 radical (unpaired) electrons. The van der Waals surface area contributed by atoms with Crippen LogP contribution in [0, 0.1) is 12.7 Å². The standard InChI is InChI=1S/C12H17FN2O2/c1-9-3-4-10(7-11(9)13)15-8-12(16)14-5-6-17-2/h3-4,7,15H,5-6,8H2,1-2H3,(H,14,16). The third kappa shape index (κ3) is 4.82. The number of nitrogens with one attached hydrogen (secondary N) is 2. The number of halogens is 1. The Bertz CT molecular complexity index is 383. The summed E-state index contributed by atoms with van der Waals surface area (Å²) in [7, 11) is 1.57. The summed E-state index contributed by atoms with van der Waals surface area (Å²) in [4.78, 5) is 11.3. The summed E-state index contributed by atoms with van der Waals surface area (Å²) in [6.07, 6.45) is 0. The zero-order valence-electron chi connectivity index (χ0n) is 10.0. The molecule has 0 aromatic heterocycles. The highest BCUT2D eigenvalue weighted by molar-refractivity contribution is 5.80. The predicted octanol–water partition coefficient (Wildman–Crippen LogP) is 1.31. The average molecular weight is 240 g/mol. The van der Waals surface area contributed by atoms with Crippen LogP contribution in [-0.4, -0.2) is 32.7 Å². The van der Waals surface area contributed by atoms with Crippen molar-refractivity contribution < 1.29 is 13.9 Å². The van der Waals surface area contributed by atoms with Crippen molar-refractivity contribution in [3.8, 4) is 0 Å². The van der Waals surface area contributed by atoms with E-state index >= 15 is 0 Å². The normalized spacial score (nSPS) is 10.1. The highest BCUT2D eigenvalue weighted by Crippen LogP contribution is 2.12. The highest BCUT2D eigenvalue weighted by Gasteiger charge is 2.02. The first kappa shape index (κ1) is 13.4. The molecule has 2 N–H and O–H groups in total. The first-order valence-corrected chi connectivity index (χ1v) is 5.39. The number of hydrogen-bond acceptors (Lipinski definition) is 3. The summed E-state index contributed by atoms with van der Waals surface area (Å²) in [5.74, 6) is -0.433. The summed E-state index contributed by atoms with van der Waals surface area (Å²) < 4.78 is 18.0. The molecule has 0 aliphatic carbocycles. The summed E-state index contributed by atoms with van der Waals surface area (Å²) in [6.45, 7) is 2.76. The van der Waals surface area contributed by atoms with Crippen LogP contribution < -0.4 is 10.6 Å². The van der Waals surface area contributed by atoms with Crippen LogP contribution in [0.15, 0.2) is 18.2 Å². The topological polar surface area (TPSA) is 50.4 Å². The van der Waals surface area contributed by atoms with E-state index < -0.39 is 0 Å². The molecule has 0 spiro atoms. The molecular weight excluding hydrogens is 223 g/mol. The molecule has 0 heterocycles. The first-order valence-electron chi connectivity index (χ1n) is 5.39. The predicted molar refractivity (Wildman–Crippen MR) is 64.5 cm³/mol. The van der Waals surface area contributed by atoms with Gasteiger partial charge in [-0.05, 0) is 24.6 Å². The Morgan fingerprint density at radius 2 is 2.24 bits per heavy atom. The molecule has 0 bridgehead atoms. The number of carbonyl (C=O) groups is 1. The van der Waals surface area contributed by atoms with E-state index in [-0.39, 0.29) is 18.3 Å².